The molecule has 4 aromatic rings. The summed E-state index contributed by atoms with van der Waals surface area (Å²) in [7, 11) is 0. The maximum absolute atomic E-state index is 12.9. The average molecular weight is 467 g/mol. The van der Waals surface area contributed by atoms with Crippen molar-refractivity contribution in [1.29, 1.82) is 0 Å². The summed E-state index contributed by atoms with van der Waals surface area (Å²) >= 11 is 0. The quantitative estimate of drug-likeness (QED) is 0.317. The molecule has 1 aromatic heterocycles. The number of nitrogens with zero attached hydrogens (tertiary/aromatic N) is 1. The third-order valence-electron chi connectivity index (χ3n) is 5.88. The minimum absolute atomic E-state index is 0.0504. The number of hydrogen-bond acceptors (Lipinski definition) is 3. The molecule has 0 aliphatic heterocycles. The fraction of sp³-hybridized carbons (Fsp3) is 0.200. The summed E-state index contributed by atoms with van der Waals surface area (Å²) in [5, 5.41) is 3.82. The van der Waals surface area contributed by atoms with Crippen molar-refractivity contribution in [3.63, 3.8) is 0 Å². The standard InChI is InChI=1S/C30H30N2O3/c1-21(28(33)31-25-16-14-24(15-17-25)30(2,3)4)18-23-19-32(27-13-9-8-12-26(23)27)29(34)35-20-22-10-6-5-7-11-22/h5-19H,20H2,1-4H3,(H,31,33)/b21-18+. The topological polar surface area (TPSA) is 60.3 Å². The first-order valence-electron chi connectivity index (χ1n) is 11.6. The zero-order chi connectivity index (χ0) is 25.0. The monoisotopic (exact) mass is 466 g/mol. The Balaban J connectivity index is 1.53. The Morgan fingerprint density at radius 2 is 1.57 bits per heavy atom. The van der Waals surface area contributed by atoms with Crippen LogP contribution in [0.2, 0.25) is 0 Å². The van der Waals surface area contributed by atoms with Crippen LogP contribution in [0.1, 0.15) is 44.4 Å². The zero-order valence-corrected chi connectivity index (χ0v) is 20.5. The van der Waals surface area contributed by atoms with Crippen molar-refractivity contribution in [2.75, 3.05) is 5.32 Å². The normalized spacial score (nSPS) is 11.9. The Kier molecular flexibility index (Phi) is 6.87. The van der Waals surface area contributed by atoms with Crippen LogP contribution in [0.4, 0.5) is 10.5 Å². The van der Waals surface area contributed by atoms with Gasteiger partial charge >= 0.3 is 6.09 Å². The second-order valence-electron chi connectivity index (χ2n) is 9.62. The lowest BCUT2D eigenvalue weighted by atomic mass is 9.87. The zero-order valence-electron chi connectivity index (χ0n) is 20.5. The summed E-state index contributed by atoms with van der Waals surface area (Å²) in [5.74, 6) is -0.197. The highest BCUT2D eigenvalue weighted by Crippen LogP contribution is 2.26. The molecule has 1 amide bonds. The number of benzene rings is 3. The van der Waals surface area contributed by atoms with Crippen LogP contribution in [0, 0.1) is 0 Å². The number of fused-ring (bicyclic) bond motifs is 1. The van der Waals surface area contributed by atoms with Gasteiger partial charge in [0.15, 0.2) is 0 Å². The Morgan fingerprint density at radius 1 is 0.914 bits per heavy atom. The van der Waals surface area contributed by atoms with Crippen LogP contribution in [-0.2, 0) is 21.6 Å². The maximum Gasteiger partial charge on any atom is 0.418 e. The number of para-hydroxylation sites is 1. The molecule has 1 N–H and O–H groups in total. The van der Waals surface area contributed by atoms with Gasteiger partial charge in [-0.3, -0.25) is 9.36 Å². The van der Waals surface area contributed by atoms with E-state index in [0.29, 0.717) is 5.57 Å². The van der Waals surface area contributed by atoms with Gasteiger partial charge in [0.2, 0.25) is 0 Å². The molecule has 5 heteroatoms. The summed E-state index contributed by atoms with van der Waals surface area (Å²) in [6.45, 7) is 8.41. The molecule has 4 rings (SSSR count). The number of rotatable bonds is 5. The van der Waals surface area contributed by atoms with Crippen LogP contribution in [-0.4, -0.2) is 16.6 Å². The Hall–Kier alpha value is -4.12. The van der Waals surface area contributed by atoms with E-state index in [1.165, 1.54) is 10.1 Å². The van der Waals surface area contributed by atoms with Gasteiger partial charge < -0.3 is 10.1 Å². The van der Waals surface area contributed by atoms with Gasteiger partial charge in [-0.2, -0.15) is 0 Å². The first-order valence-corrected chi connectivity index (χ1v) is 11.6. The highest BCUT2D eigenvalue weighted by molar-refractivity contribution is 6.08. The number of hydrogen-bond donors (Lipinski definition) is 1. The highest BCUT2D eigenvalue weighted by atomic mass is 16.5. The van der Waals surface area contributed by atoms with Gasteiger partial charge in [-0.1, -0.05) is 81.4 Å². The van der Waals surface area contributed by atoms with Gasteiger partial charge in [0.1, 0.15) is 6.61 Å². The molecule has 0 bridgehead atoms. The smallest absolute Gasteiger partial charge is 0.418 e. The molecule has 5 nitrogen and oxygen atoms in total. The van der Waals surface area contributed by atoms with E-state index < -0.39 is 6.09 Å². The second kappa shape index (κ2) is 10.0. The third kappa shape index (κ3) is 5.69. The van der Waals surface area contributed by atoms with E-state index in [1.54, 1.807) is 19.2 Å². The molecule has 0 fully saturated rings. The minimum atomic E-state index is -0.467. The average Bonchev–Trinajstić information content (AvgIpc) is 3.21. The molecule has 1 heterocycles. The molecule has 0 spiro atoms. The lowest BCUT2D eigenvalue weighted by Crippen LogP contribution is -2.14. The molecule has 3 aromatic carbocycles. The van der Waals surface area contributed by atoms with Crippen LogP contribution in [0.15, 0.2) is 90.6 Å². The second-order valence-corrected chi connectivity index (χ2v) is 9.62. The molecular weight excluding hydrogens is 436 g/mol. The van der Waals surface area contributed by atoms with Gasteiger partial charge in [0.05, 0.1) is 5.52 Å². The molecule has 0 saturated carbocycles. The number of ether oxygens (including phenoxy) is 1. The van der Waals surface area contributed by atoms with Gasteiger partial charge in [-0.15, -0.1) is 0 Å². The van der Waals surface area contributed by atoms with Crippen molar-refractivity contribution >= 4 is 34.7 Å². The number of carbonyl (C=O) groups is 2. The summed E-state index contributed by atoms with van der Waals surface area (Å²) < 4.78 is 7.01. The summed E-state index contributed by atoms with van der Waals surface area (Å²) in [4.78, 5) is 25.7. The lowest BCUT2D eigenvalue weighted by Gasteiger charge is -2.19. The SMILES string of the molecule is C/C(=C\c1cn(C(=O)OCc2ccccc2)c2ccccc12)C(=O)Nc1ccc(C(C)(C)C)cc1. The molecule has 178 valence electrons. The van der Waals surface area contributed by atoms with Gasteiger partial charge in [0, 0.05) is 28.4 Å². The number of aromatic nitrogens is 1. The van der Waals surface area contributed by atoms with Crippen LogP contribution >= 0.6 is 0 Å². The van der Waals surface area contributed by atoms with Crippen molar-refractivity contribution in [2.24, 2.45) is 0 Å². The van der Waals surface area contributed by atoms with Gasteiger partial charge in [-0.05, 0) is 47.7 Å². The van der Waals surface area contributed by atoms with Crippen LogP contribution in [0.25, 0.3) is 17.0 Å². The minimum Gasteiger partial charge on any atom is -0.444 e. The number of anilines is 1. The van der Waals surface area contributed by atoms with Crippen LogP contribution in [0.3, 0.4) is 0 Å². The van der Waals surface area contributed by atoms with Crippen molar-refractivity contribution < 1.29 is 14.3 Å². The van der Waals surface area contributed by atoms with Crippen molar-refractivity contribution in [3.05, 3.63) is 107 Å². The lowest BCUT2D eigenvalue weighted by molar-refractivity contribution is -0.112. The number of amides is 1. The van der Waals surface area contributed by atoms with E-state index in [0.717, 1.165) is 27.7 Å². The van der Waals surface area contributed by atoms with Crippen LogP contribution < -0.4 is 5.32 Å². The van der Waals surface area contributed by atoms with E-state index in [2.05, 4.69) is 26.1 Å². The van der Waals surface area contributed by atoms with Crippen molar-refractivity contribution in [1.82, 2.24) is 4.57 Å². The van der Waals surface area contributed by atoms with Crippen LogP contribution in [0.5, 0.6) is 0 Å². The Morgan fingerprint density at radius 3 is 2.26 bits per heavy atom. The summed E-state index contributed by atoms with van der Waals surface area (Å²) in [6, 6.07) is 25.0. The molecule has 0 aliphatic rings. The molecule has 0 unspecified atom stereocenters. The van der Waals surface area contributed by atoms with E-state index in [1.807, 2.05) is 78.9 Å². The van der Waals surface area contributed by atoms with E-state index in [4.69, 9.17) is 4.74 Å². The largest absolute Gasteiger partial charge is 0.444 e. The fourth-order valence-electron chi connectivity index (χ4n) is 3.84. The summed E-state index contributed by atoms with van der Waals surface area (Å²) in [6.07, 6.45) is 3.04. The number of carbonyl (C=O) groups excluding carboxylic acids is 2. The first kappa shape index (κ1) is 24.0. The Bertz CT molecular complexity index is 1370. The van der Waals surface area contributed by atoms with Crippen molar-refractivity contribution in [2.45, 2.75) is 39.7 Å². The maximum atomic E-state index is 12.9. The van der Waals surface area contributed by atoms with E-state index in [9.17, 15) is 9.59 Å². The van der Waals surface area contributed by atoms with Crippen molar-refractivity contribution in [3.8, 4) is 0 Å². The third-order valence-corrected chi connectivity index (χ3v) is 5.88. The molecule has 0 aliphatic carbocycles. The molecular formula is C30H30N2O3. The van der Waals surface area contributed by atoms with E-state index >= 15 is 0 Å². The highest BCUT2D eigenvalue weighted by Gasteiger charge is 2.16. The fourth-order valence-corrected chi connectivity index (χ4v) is 3.84. The summed E-state index contributed by atoms with van der Waals surface area (Å²) in [5.41, 5.74) is 4.94. The van der Waals surface area contributed by atoms with E-state index in [-0.39, 0.29) is 17.9 Å². The first-order chi connectivity index (χ1) is 16.7. The molecule has 0 saturated heterocycles. The molecule has 35 heavy (non-hydrogen) atoms. The predicted octanol–water partition coefficient (Wildman–Crippen LogP) is 7.17. The molecule has 0 radical (unpaired) electrons. The predicted molar refractivity (Wildman–Crippen MR) is 141 cm³/mol. The molecule has 0 atom stereocenters. The van der Waals surface area contributed by atoms with Gasteiger partial charge in [0.25, 0.3) is 5.91 Å². The number of nitrogens with one attached hydrogen (secondary N) is 1. The Labute approximate surface area is 206 Å². The van der Waals surface area contributed by atoms with Gasteiger partial charge in [-0.25, -0.2) is 4.79 Å².